The highest BCUT2D eigenvalue weighted by atomic mass is 14.7. The molecule has 0 saturated heterocycles. The Kier molecular flexibility index (Phi) is 2.69. The maximum absolute atomic E-state index is 5.90. The van der Waals surface area contributed by atoms with Crippen LogP contribution in [0.25, 0.3) is 0 Å². The molecule has 0 aromatic heterocycles. The largest absolute Gasteiger partial charge is 0.330 e. The van der Waals surface area contributed by atoms with Gasteiger partial charge in [-0.05, 0) is 24.8 Å². The number of rotatable bonds is 1. The van der Waals surface area contributed by atoms with E-state index >= 15 is 0 Å². The van der Waals surface area contributed by atoms with Gasteiger partial charge in [-0.15, -0.1) is 0 Å². The molecule has 1 fully saturated rings. The van der Waals surface area contributed by atoms with Crippen molar-refractivity contribution in [3.8, 4) is 0 Å². The van der Waals surface area contributed by atoms with Crippen molar-refractivity contribution < 1.29 is 0 Å². The lowest BCUT2D eigenvalue weighted by Gasteiger charge is -2.33. The van der Waals surface area contributed by atoms with Gasteiger partial charge in [0.1, 0.15) is 0 Å². The summed E-state index contributed by atoms with van der Waals surface area (Å²) >= 11 is 0. The number of nitrogens with two attached hydrogens (primary N) is 2. The first-order chi connectivity index (χ1) is 4.75. The molecule has 2 unspecified atom stereocenters. The van der Waals surface area contributed by atoms with Crippen LogP contribution < -0.4 is 11.5 Å². The van der Waals surface area contributed by atoms with Crippen molar-refractivity contribution in [1.29, 1.82) is 0 Å². The average molecular weight is 142 g/mol. The van der Waals surface area contributed by atoms with E-state index in [-0.39, 0.29) is 0 Å². The van der Waals surface area contributed by atoms with Crippen LogP contribution in [-0.2, 0) is 0 Å². The predicted octanol–water partition coefficient (Wildman–Crippen LogP) is 0.709. The fourth-order valence-electron chi connectivity index (χ4n) is 1.93. The third kappa shape index (κ3) is 1.50. The molecule has 1 rings (SSSR count). The Labute approximate surface area is 63.0 Å². The van der Waals surface area contributed by atoms with Crippen LogP contribution in [0.1, 0.15) is 26.2 Å². The molecule has 0 aromatic rings. The van der Waals surface area contributed by atoms with Crippen LogP contribution in [-0.4, -0.2) is 12.6 Å². The van der Waals surface area contributed by atoms with Crippen molar-refractivity contribution in [2.45, 2.75) is 32.2 Å². The van der Waals surface area contributed by atoms with Crippen molar-refractivity contribution in [1.82, 2.24) is 0 Å². The van der Waals surface area contributed by atoms with E-state index in [4.69, 9.17) is 11.5 Å². The molecule has 2 nitrogen and oxygen atoms in total. The zero-order chi connectivity index (χ0) is 7.56. The van der Waals surface area contributed by atoms with Gasteiger partial charge in [0.25, 0.3) is 0 Å². The molecule has 60 valence electrons. The molecule has 0 heterocycles. The van der Waals surface area contributed by atoms with Crippen molar-refractivity contribution >= 4 is 0 Å². The molecule has 4 N–H and O–H groups in total. The van der Waals surface area contributed by atoms with Gasteiger partial charge in [0.15, 0.2) is 0 Å². The van der Waals surface area contributed by atoms with Gasteiger partial charge < -0.3 is 11.5 Å². The first-order valence-corrected chi connectivity index (χ1v) is 4.21. The van der Waals surface area contributed by atoms with E-state index in [0.29, 0.717) is 12.0 Å². The molecule has 1 saturated carbocycles. The Morgan fingerprint density at radius 2 is 2.10 bits per heavy atom. The molecule has 10 heavy (non-hydrogen) atoms. The predicted molar refractivity (Wildman–Crippen MR) is 43.5 cm³/mol. The lowest BCUT2D eigenvalue weighted by molar-refractivity contribution is 0.227. The topological polar surface area (TPSA) is 52.0 Å². The van der Waals surface area contributed by atoms with E-state index in [1.54, 1.807) is 0 Å². The number of hydrogen-bond acceptors (Lipinski definition) is 2. The standard InChI is InChI=1S/C8H18N2/c1-6-3-2-4-8(10)7(6)5-9/h6-8H,2-5,9-10H2,1H3/t6-,7?,8?/m1/s1. The van der Waals surface area contributed by atoms with E-state index in [0.717, 1.165) is 12.5 Å². The molecule has 2 heteroatoms. The second-order valence-electron chi connectivity index (χ2n) is 3.47. The summed E-state index contributed by atoms with van der Waals surface area (Å²) in [5.74, 6) is 1.32. The van der Waals surface area contributed by atoms with Crippen molar-refractivity contribution in [3.63, 3.8) is 0 Å². The number of hydrogen-bond donors (Lipinski definition) is 2. The minimum absolute atomic E-state index is 0.369. The van der Waals surface area contributed by atoms with Crippen LogP contribution in [0.4, 0.5) is 0 Å². The molecule has 0 amide bonds. The second-order valence-corrected chi connectivity index (χ2v) is 3.47. The van der Waals surface area contributed by atoms with Crippen molar-refractivity contribution in [3.05, 3.63) is 0 Å². The van der Waals surface area contributed by atoms with E-state index in [1.807, 2.05) is 0 Å². The Balaban J connectivity index is 2.45. The summed E-state index contributed by atoms with van der Waals surface area (Å²) in [6, 6.07) is 0.369. The van der Waals surface area contributed by atoms with Gasteiger partial charge in [-0.3, -0.25) is 0 Å². The first-order valence-electron chi connectivity index (χ1n) is 4.21. The zero-order valence-electron chi connectivity index (χ0n) is 6.72. The van der Waals surface area contributed by atoms with E-state index in [1.165, 1.54) is 19.3 Å². The van der Waals surface area contributed by atoms with Gasteiger partial charge in [0.05, 0.1) is 0 Å². The second kappa shape index (κ2) is 3.35. The summed E-state index contributed by atoms with van der Waals surface area (Å²) in [5.41, 5.74) is 11.5. The Bertz CT molecular complexity index is 93.4. The molecule has 0 bridgehead atoms. The lowest BCUT2D eigenvalue weighted by atomic mass is 9.77. The van der Waals surface area contributed by atoms with Crippen LogP contribution in [0, 0.1) is 11.8 Å². The molecular formula is C8H18N2. The normalized spacial score (nSPS) is 41.7. The quantitative estimate of drug-likeness (QED) is 0.566. The smallest absolute Gasteiger partial charge is 0.00817 e. The Morgan fingerprint density at radius 3 is 2.50 bits per heavy atom. The molecule has 0 aliphatic heterocycles. The highest BCUT2D eigenvalue weighted by Crippen LogP contribution is 2.27. The van der Waals surface area contributed by atoms with Gasteiger partial charge in [0, 0.05) is 6.04 Å². The van der Waals surface area contributed by atoms with E-state index in [2.05, 4.69) is 6.92 Å². The summed E-state index contributed by atoms with van der Waals surface area (Å²) in [7, 11) is 0. The summed E-state index contributed by atoms with van der Waals surface area (Å²) in [6.45, 7) is 3.03. The third-order valence-electron chi connectivity index (χ3n) is 2.75. The molecule has 1 aliphatic rings. The Hall–Kier alpha value is -0.0800. The SMILES string of the molecule is C[C@@H]1CCCC(N)C1CN. The molecular weight excluding hydrogens is 124 g/mol. The highest BCUT2D eigenvalue weighted by Gasteiger charge is 2.26. The maximum atomic E-state index is 5.90. The molecule has 0 spiro atoms. The third-order valence-corrected chi connectivity index (χ3v) is 2.75. The van der Waals surface area contributed by atoms with Crippen LogP contribution in [0.2, 0.25) is 0 Å². The van der Waals surface area contributed by atoms with E-state index < -0.39 is 0 Å². The van der Waals surface area contributed by atoms with Crippen molar-refractivity contribution in [2.75, 3.05) is 6.54 Å². The highest BCUT2D eigenvalue weighted by molar-refractivity contribution is 4.82. The molecule has 0 aromatic carbocycles. The van der Waals surface area contributed by atoms with Gasteiger partial charge in [-0.25, -0.2) is 0 Å². The van der Waals surface area contributed by atoms with Gasteiger partial charge in [-0.1, -0.05) is 19.8 Å². The van der Waals surface area contributed by atoms with Crippen molar-refractivity contribution in [2.24, 2.45) is 23.3 Å². The fourth-order valence-corrected chi connectivity index (χ4v) is 1.93. The van der Waals surface area contributed by atoms with Crippen LogP contribution in [0.3, 0.4) is 0 Å². The van der Waals surface area contributed by atoms with Gasteiger partial charge >= 0.3 is 0 Å². The van der Waals surface area contributed by atoms with Gasteiger partial charge in [-0.2, -0.15) is 0 Å². The minimum atomic E-state index is 0.369. The monoisotopic (exact) mass is 142 g/mol. The fraction of sp³-hybridized carbons (Fsp3) is 1.00. The van der Waals surface area contributed by atoms with Crippen LogP contribution >= 0.6 is 0 Å². The summed E-state index contributed by atoms with van der Waals surface area (Å²) in [5, 5.41) is 0. The van der Waals surface area contributed by atoms with E-state index in [9.17, 15) is 0 Å². The average Bonchev–Trinajstić information content (AvgIpc) is 1.88. The molecule has 3 atom stereocenters. The summed E-state index contributed by atoms with van der Waals surface area (Å²) in [4.78, 5) is 0. The first kappa shape index (κ1) is 8.02. The lowest BCUT2D eigenvalue weighted by Crippen LogP contribution is -2.41. The molecule has 0 radical (unpaired) electrons. The van der Waals surface area contributed by atoms with Crippen LogP contribution in [0.15, 0.2) is 0 Å². The molecule has 1 aliphatic carbocycles. The summed E-state index contributed by atoms with van der Waals surface area (Å²) < 4.78 is 0. The zero-order valence-corrected chi connectivity index (χ0v) is 6.72. The minimum Gasteiger partial charge on any atom is -0.330 e. The van der Waals surface area contributed by atoms with Crippen LogP contribution in [0.5, 0.6) is 0 Å². The maximum Gasteiger partial charge on any atom is 0.00817 e. The van der Waals surface area contributed by atoms with Gasteiger partial charge in [0.2, 0.25) is 0 Å². The Morgan fingerprint density at radius 1 is 1.40 bits per heavy atom. The summed E-state index contributed by atoms with van der Waals surface area (Å²) in [6.07, 6.45) is 3.78.